The van der Waals surface area contributed by atoms with Crippen LogP contribution in [0.5, 0.6) is 0 Å². The minimum Gasteiger partial charge on any atom is -0.368 e. The summed E-state index contributed by atoms with van der Waals surface area (Å²) in [5, 5.41) is 0.574. The Labute approximate surface area is 178 Å². The summed E-state index contributed by atoms with van der Waals surface area (Å²) in [6, 6.07) is 13.5. The van der Waals surface area contributed by atoms with Gasteiger partial charge < -0.3 is 16.4 Å². The molecule has 2 amide bonds. The number of nitrogen functional groups attached to an aromatic ring is 1. The maximum absolute atomic E-state index is 13.2. The first-order valence-electron chi connectivity index (χ1n) is 9.53. The molecule has 1 aliphatic rings. The van der Waals surface area contributed by atoms with Gasteiger partial charge in [-0.15, -0.1) is 0 Å². The van der Waals surface area contributed by atoms with Gasteiger partial charge in [-0.2, -0.15) is 0 Å². The normalized spacial score (nSPS) is 15.9. The number of carbonyl (C=O) groups excluding carboxylic acids is 2. The van der Waals surface area contributed by atoms with Crippen LogP contribution in [-0.2, 0) is 0 Å². The minimum atomic E-state index is -0.518. The highest BCUT2D eigenvalue weighted by atomic mass is 35.5. The highest BCUT2D eigenvalue weighted by Gasteiger charge is 2.33. The summed E-state index contributed by atoms with van der Waals surface area (Å²) in [5.74, 6) is -0.482. The minimum absolute atomic E-state index is 0.0943. The Morgan fingerprint density at radius 3 is 2.60 bits per heavy atom. The molecule has 1 saturated heterocycles. The van der Waals surface area contributed by atoms with Crippen molar-refractivity contribution >= 4 is 29.4 Å². The van der Waals surface area contributed by atoms with Gasteiger partial charge in [0.25, 0.3) is 5.91 Å². The number of benzene rings is 2. The summed E-state index contributed by atoms with van der Waals surface area (Å²) in [4.78, 5) is 35.2. The first kappa shape index (κ1) is 19.8. The fourth-order valence-electron chi connectivity index (χ4n) is 3.78. The van der Waals surface area contributed by atoms with Gasteiger partial charge in [-0.05, 0) is 54.8 Å². The number of anilines is 1. The molecule has 0 radical (unpaired) electrons. The lowest BCUT2D eigenvalue weighted by Gasteiger charge is -2.26. The Balaban J connectivity index is 1.75. The van der Waals surface area contributed by atoms with E-state index in [-0.39, 0.29) is 17.9 Å². The molecule has 30 heavy (non-hydrogen) atoms. The van der Waals surface area contributed by atoms with E-state index in [1.165, 1.54) is 0 Å². The highest BCUT2D eigenvalue weighted by molar-refractivity contribution is 6.30. The Bertz CT molecular complexity index is 1120. The van der Waals surface area contributed by atoms with Crippen molar-refractivity contribution in [3.63, 3.8) is 0 Å². The van der Waals surface area contributed by atoms with Crippen molar-refractivity contribution < 1.29 is 9.59 Å². The second kappa shape index (κ2) is 8.12. The molecule has 0 aliphatic carbocycles. The number of amides is 2. The predicted molar refractivity (Wildman–Crippen MR) is 115 cm³/mol. The fraction of sp³-hybridized carbons (Fsp3) is 0.182. The zero-order chi connectivity index (χ0) is 21.3. The number of likely N-dealkylation sites (tertiary alicyclic amines) is 1. The molecule has 4 N–H and O–H groups in total. The molecular formula is C22H20ClN5O2. The van der Waals surface area contributed by atoms with Gasteiger partial charge in [0, 0.05) is 34.5 Å². The Kier molecular flexibility index (Phi) is 5.37. The standard InChI is InChI=1S/C22H20ClN5O2/c23-16-8-6-13(7-9-16)21(30)28-10-2-5-18(28)19-17(12-26-22(25)27-19)14-3-1-4-15(11-14)20(24)29/h1,3-4,6-9,11-12,18H,2,5,10H2,(H2,24,29)(H2,25,26,27)/t18-/m0/s1. The van der Waals surface area contributed by atoms with Crippen LogP contribution in [-0.4, -0.2) is 33.2 Å². The molecule has 0 unspecified atom stereocenters. The van der Waals surface area contributed by atoms with E-state index in [9.17, 15) is 9.59 Å². The van der Waals surface area contributed by atoms with Gasteiger partial charge >= 0.3 is 0 Å². The second-order valence-electron chi connectivity index (χ2n) is 7.14. The molecule has 1 atom stereocenters. The molecule has 3 aromatic rings. The van der Waals surface area contributed by atoms with Gasteiger partial charge in [0.05, 0.1) is 11.7 Å². The van der Waals surface area contributed by atoms with Gasteiger partial charge in [-0.1, -0.05) is 23.7 Å². The van der Waals surface area contributed by atoms with E-state index < -0.39 is 5.91 Å². The zero-order valence-electron chi connectivity index (χ0n) is 16.1. The first-order chi connectivity index (χ1) is 14.4. The molecular weight excluding hydrogens is 402 g/mol. The average Bonchev–Trinajstić information content (AvgIpc) is 3.23. The molecule has 2 aromatic carbocycles. The molecule has 0 saturated carbocycles. The lowest BCUT2D eigenvalue weighted by molar-refractivity contribution is 0.0733. The molecule has 0 spiro atoms. The van der Waals surface area contributed by atoms with Crippen LogP contribution in [0.3, 0.4) is 0 Å². The Morgan fingerprint density at radius 2 is 1.87 bits per heavy atom. The third-order valence-electron chi connectivity index (χ3n) is 5.22. The quantitative estimate of drug-likeness (QED) is 0.669. The van der Waals surface area contributed by atoms with Crippen molar-refractivity contribution in [3.05, 3.63) is 76.6 Å². The predicted octanol–water partition coefficient (Wildman–Crippen LogP) is 3.46. The van der Waals surface area contributed by atoms with Crippen molar-refractivity contribution in [3.8, 4) is 11.1 Å². The van der Waals surface area contributed by atoms with Crippen LogP contribution in [0.2, 0.25) is 5.02 Å². The van der Waals surface area contributed by atoms with Crippen LogP contribution in [0.25, 0.3) is 11.1 Å². The van der Waals surface area contributed by atoms with E-state index in [4.69, 9.17) is 23.1 Å². The monoisotopic (exact) mass is 421 g/mol. The third-order valence-corrected chi connectivity index (χ3v) is 5.47. The van der Waals surface area contributed by atoms with Gasteiger partial charge in [-0.3, -0.25) is 9.59 Å². The number of primary amides is 1. The van der Waals surface area contributed by atoms with E-state index in [1.54, 1.807) is 53.6 Å². The zero-order valence-corrected chi connectivity index (χ0v) is 16.8. The van der Waals surface area contributed by atoms with E-state index in [0.29, 0.717) is 34.0 Å². The second-order valence-corrected chi connectivity index (χ2v) is 7.57. The summed E-state index contributed by atoms with van der Waals surface area (Å²) >= 11 is 5.95. The number of hydrogen-bond acceptors (Lipinski definition) is 5. The summed E-state index contributed by atoms with van der Waals surface area (Å²) in [6.07, 6.45) is 3.22. The number of carbonyl (C=O) groups is 2. The van der Waals surface area contributed by atoms with Crippen LogP contribution in [0.1, 0.15) is 45.3 Å². The van der Waals surface area contributed by atoms with Gasteiger partial charge in [0.15, 0.2) is 0 Å². The maximum Gasteiger partial charge on any atom is 0.254 e. The number of rotatable bonds is 4. The van der Waals surface area contributed by atoms with E-state index in [2.05, 4.69) is 9.97 Å². The van der Waals surface area contributed by atoms with Crippen molar-refractivity contribution in [2.24, 2.45) is 5.73 Å². The lowest BCUT2D eigenvalue weighted by atomic mass is 9.98. The summed E-state index contributed by atoms with van der Waals surface area (Å²) in [5.41, 5.74) is 14.4. The summed E-state index contributed by atoms with van der Waals surface area (Å²) < 4.78 is 0. The topological polar surface area (TPSA) is 115 Å². The third kappa shape index (κ3) is 3.84. The van der Waals surface area contributed by atoms with Gasteiger partial charge in [0.2, 0.25) is 11.9 Å². The van der Waals surface area contributed by atoms with Crippen LogP contribution < -0.4 is 11.5 Å². The largest absolute Gasteiger partial charge is 0.368 e. The van der Waals surface area contributed by atoms with Gasteiger partial charge in [0.1, 0.15) is 0 Å². The van der Waals surface area contributed by atoms with Crippen LogP contribution >= 0.6 is 11.6 Å². The van der Waals surface area contributed by atoms with Crippen LogP contribution in [0.15, 0.2) is 54.7 Å². The molecule has 0 bridgehead atoms. The number of nitrogens with two attached hydrogens (primary N) is 2. The Hall–Kier alpha value is -3.45. The maximum atomic E-state index is 13.2. The fourth-order valence-corrected chi connectivity index (χ4v) is 3.90. The smallest absolute Gasteiger partial charge is 0.254 e. The van der Waals surface area contributed by atoms with Crippen LogP contribution in [0, 0.1) is 0 Å². The molecule has 4 rings (SSSR count). The molecule has 1 fully saturated rings. The van der Waals surface area contributed by atoms with Gasteiger partial charge in [-0.25, -0.2) is 9.97 Å². The number of hydrogen-bond donors (Lipinski definition) is 2. The summed E-state index contributed by atoms with van der Waals surface area (Å²) in [7, 11) is 0. The Morgan fingerprint density at radius 1 is 1.10 bits per heavy atom. The van der Waals surface area contributed by atoms with E-state index in [1.807, 2.05) is 6.07 Å². The van der Waals surface area contributed by atoms with Crippen molar-refractivity contribution in [1.29, 1.82) is 0 Å². The highest BCUT2D eigenvalue weighted by Crippen LogP contribution is 2.37. The number of nitrogens with zero attached hydrogens (tertiary/aromatic N) is 3. The lowest BCUT2D eigenvalue weighted by Crippen LogP contribution is -2.31. The van der Waals surface area contributed by atoms with E-state index >= 15 is 0 Å². The first-order valence-corrected chi connectivity index (χ1v) is 9.91. The van der Waals surface area contributed by atoms with Crippen molar-refractivity contribution in [2.45, 2.75) is 18.9 Å². The molecule has 1 aliphatic heterocycles. The molecule has 8 heteroatoms. The summed E-state index contributed by atoms with van der Waals surface area (Å²) in [6.45, 7) is 0.608. The molecule has 7 nitrogen and oxygen atoms in total. The number of halogens is 1. The molecule has 2 heterocycles. The number of aromatic nitrogens is 2. The molecule has 152 valence electrons. The SMILES string of the molecule is NC(=O)c1cccc(-c2cnc(N)nc2[C@@H]2CCCN2C(=O)c2ccc(Cl)cc2)c1. The van der Waals surface area contributed by atoms with E-state index in [0.717, 1.165) is 18.4 Å². The van der Waals surface area contributed by atoms with Crippen molar-refractivity contribution in [1.82, 2.24) is 14.9 Å². The van der Waals surface area contributed by atoms with Crippen molar-refractivity contribution in [2.75, 3.05) is 12.3 Å². The van der Waals surface area contributed by atoms with Crippen LogP contribution in [0.4, 0.5) is 5.95 Å². The molecule has 1 aromatic heterocycles. The average molecular weight is 422 g/mol.